The number of fused-ring (bicyclic) bond motifs is 2. The van der Waals surface area contributed by atoms with E-state index in [1.165, 1.54) is 14.2 Å². The average molecular weight is 930 g/mol. The first-order valence-electron chi connectivity index (χ1n) is 23.9. The fraction of sp³-hybridized carbons (Fsp3) is 0.490. The van der Waals surface area contributed by atoms with Gasteiger partial charge in [0.1, 0.15) is 29.5 Å². The number of pyridine rings is 1. The van der Waals surface area contributed by atoms with Crippen molar-refractivity contribution in [1.82, 2.24) is 45.4 Å². The molecule has 1 unspecified atom stereocenters. The van der Waals surface area contributed by atoms with Gasteiger partial charge in [-0.3, -0.25) is 19.4 Å². The second-order valence-electron chi connectivity index (χ2n) is 19.7. The Kier molecular flexibility index (Phi) is 12.8. The van der Waals surface area contributed by atoms with Gasteiger partial charge in [0.15, 0.2) is 0 Å². The lowest BCUT2D eigenvalue weighted by Gasteiger charge is -2.30. The fourth-order valence-corrected chi connectivity index (χ4v) is 11.2. The van der Waals surface area contributed by atoms with E-state index in [0.29, 0.717) is 65.3 Å². The Hall–Kier alpha value is -6.65. The predicted octanol–water partition coefficient (Wildman–Crippen LogP) is 7.93. The number of H-pyrrole nitrogens is 2. The number of hydrogen-bond acceptors (Lipinski definition) is 10. The number of alkyl carbamates (subject to hydrolysis) is 2. The molecule has 1 saturated carbocycles. The van der Waals surface area contributed by atoms with E-state index >= 15 is 4.39 Å². The molecule has 3 fully saturated rings. The lowest BCUT2D eigenvalue weighted by atomic mass is 9.82. The first-order chi connectivity index (χ1) is 32.7. The van der Waals surface area contributed by atoms with Crippen molar-refractivity contribution >= 4 is 34.9 Å². The molecule has 4 atom stereocenters. The molecule has 3 aromatic heterocycles. The Morgan fingerprint density at radius 2 is 1.35 bits per heavy atom. The van der Waals surface area contributed by atoms with Gasteiger partial charge in [-0.2, -0.15) is 0 Å². The van der Waals surface area contributed by atoms with Gasteiger partial charge >= 0.3 is 12.2 Å². The maximum Gasteiger partial charge on any atom is 0.407 e. The van der Waals surface area contributed by atoms with Crippen molar-refractivity contribution < 1.29 is 33.0 Å². The monoisotopic (exact) mass is 929 g/mol. The number of aromatic nitrogens is 5. The first-order valence-corrected chi connectivity index (χ1v) is 23.9. The molecule has 1 spiro atoms. The van der Waals surface area contributed by atoms with Crippen molar-refractivity contribution in [3.8, 4) is 33.6 Å². The molecule has 4 N–H and O–H groups in total. The molecule has 358 valence electrons. The lowest BCUT2D eigenvalue weighted by molar-refractivity contribution is -0.136. The van der Waals surface area contributed by atoms with E-state index in [4.69, 9.17) is 24.4 Å². The van der Waals surface area contributed by atoms with Crippen molar-refractivity contribution in [2.75, 3.05) is 27.3 Å². The van der Waals surface area contributed by atoms with Crippen LogP contribution in [0.5, 0.6) is 0 Å². The smallest absolute Gasteiger partial charge is 0.407 e. The molecule has 0 radical (unpaired) electrons. The van der Waals surface area contributed by atoms with Crippen LogP contribution in [0.15, 0.2) is 53.6 Å². The molecule has 4 aliphatic rings. The van der Waals surface area contributed by atoms with Crippen molar-refractivity contribution in [1.29, 1.82) is 0 Å². The zero-order chi connectivity index (χ0) is 48.0. The van der Waals surface area contributed by atoms with Gasteiger partial charge in [-0.15, -0.1) is 0 Å². The molecule has 16 nitrogen and oxygen atoms in total. The maximum atomic E-state index is 17.0. The third-order valence-corrected chi connectivity index (χ3v) is 14.7. The number of methoxy groups -OCH3 is 2. The summed E-state index contributed by atoms with van der Waals surface area (Å²) in [5.74, 6) is -0.182. The fourth-order valence-electron chi connectivity index (χ4n) is 11.2. The highest BCUT2D eigenvalue weighted by atomic mass is 19.1. The summed E-state index contributed by atoms with van der Waals surface area (Å²) in [6, 6.07) is 8.45. The lowest BCUT2D eigenvalue weighted by Crippen LogP contribution is -2.51. The molecule has 2 aliphatic heterocycles. The Labute approximate surface area is 394 Å². The Morgan fingerprint density at radius 1 is 0.750 bits per heavy atom. The zero-order valence-corrected chi connectivity index (χ0v) is 39.5. The van der Waals surface area contributed by atoms with Gasteiger partial charge in [0.25, 0.3) is 5.56 Å². The molecule has 2 aromatic carbocycles. The van der Waals surface area contributed by atoms with Gasteiger partial charge in [-0.25, -0.2) is 23.9 Å². The second-order valence-corrected chi connectivity index (χ2v) is 19.7. The van der Waals surface area contributed by atoms with E-state index in [1.54, 1.807) is 40.4 Å². The summed E-state index contributed by atoms with van der Waals surface area (Å²) < 4.78 is 26.5. The minimum atomic E-state index is -0.812. The minimum absolute atomic E-state index is 0.0300. The number of imidazole rings is 1. The van der Waals surface area contributed by atoms with Gasteiger partial charge in [0, 0.05) is 36.0 Å². The summed E-state index contributed by atoms with van der Waals surface area (Å²) in [6.07, 6.45) is 10.9. The number of aromatic amines is 2. The molecular weight excluding hydrogens is 870 g/mol. The Morgan fingerprint density at radius 3 is 1.94 bits per heavy atom. The van der Waals surface area contributed by atoms with Crippen LogP contribution in [0.2, 0.25) is 0 Å². The number of ether oxygens (including phenoxy) is 2. The molecule has 68 heavy (non-hydrogen) atoms. The van der Waals surface area contributed by atoms with Crippen molar-refractivity contribution in [3.05, 3.63) is 87.7 Å². The number of nitrogens with one attached hydrogen (secondary N) is 4. The minimum Gasteiger partial charge on any atom is -0.453 e. The van der Waals surface area contributed by atoms with Gasteiger partial charge in [0.2, 0.25) is 11.8 Å². The largest absolute Gasteiger partial charge is 0.453 e. The van der Waals surface area contributed by atoms with E-state index in [9.17, 15) is 24.0 Å². The van der Waals surface area contributed by atoms with Crippen molar-refractivity contribution in [2.24, 2.45) is 17.3 Å². The number of benzene rings is 2. The topological polar surface area (TPSA) is 205 Å². The SMILES string of the molecule is COC(=O)NC(C(=O)N1CCC[C@H]1c1ncc(-c2ccc(-c3cc(F)c(-c4ccc5nc([C@@H]6CCCN6C(=O)[C@@H](NC(=O)OC)C(C)C)[nH]c(=O)c5c4)c4c3CC3(CCCC3)C4)nc2)[nH]1)C(C)C. The Bertz CT molecular complexity index is 2820. The Balaban J connectivity index is 0.990. The van der Waals surface area contributed by atoms with Gasteiger partial charge < -0.3 is 39.9 Å². The maximum absolute atomic E-state index is 17.0. The third-order valence-electron chi connectivity index (χ3n) is 14.7. The van der Waals surface area contributed by atoms with E-state index in [-0.39, 0.29) is 40.7 Å². The third kappa shape index (κ3) is 8.71. The van der Waals surface area contributed by atoms with E-state index in [0.717, 1.165) is 79.3 Å². The van der Waals surface area contributed by atoms with E-state index in [2.05, 4.69) is 20.6 Å². The number of likely N-dealkylation sites (tertiary alicyclic amines) is 2. The summed E-state index contributed by atoms with van der Waals surface area (Å²) in [5, 5.41) is 5.67. The first kappa shape index (κ1) is 46.5. The summed E-state index contributed by atoms with van der Waals surface area (Å²) in [7, 11) is 2.53. The zero-order valence-electron chi connectivity index (χ0n) is 39.5. The highest BCUT2D eigenvalue weighted by molar-refractivity contribution is 5.89. The van der Waals surface area contributed by atoms with Crippen LogP contribution >= 0.6 is 0 Å². The van der Waals surface area contributed by atoms with E-state index < -0.39 is 36.1 Å². The van der Waals surface area contributed by atoms with E-state index in [1.807, 2.05) is 45.9 Å². The number of carbonyl (C=O) groups is 4. The normalized spacial score (nSPS) is 19.5. The standard InChI is InChI=1S/C51H60FN9O7/c1-27(2)42(57-49(65)67-5)47(63)60-19-9-11-39(60)44-54-26-38(56-44)30-14-15-36(53-25-30)31-22-35(52)41(34-24-51(23-33(31)34)17-7-8-18-51)29-13-16-37-32(21-29)46(62)59-45(55-37)40-12-10-20-61(40)48(64)43(28(3)4)58-50(66)68-6/h13-16,21-22,25-28,39-40,42-43H,7-12,17-20,23-24H2,1-6H3,(H,54,56)(H,57,65)(H,58,66)(H,55,59,62)/t39-,40-,42?,43-/m0/s1. The molecule has 9 rings (SSSR count). The number of rotatable bonds is 11. The predicted molar refractivity (Wildman–Crippen MR) is 253 cm³/mol. The molecule has 2 aliphatic carbocycles. The van der Waals surface area contributed by atoms with Crippen LogP contribution in [0.1, 0.15) is 114 Å². The molecule has 2 saturated heterocycles. The highest BCUT2D eigenvalue weighted by Crippen LogP contribution is 2.53. The summed E-state index contributed by atoms with van der Waals surface area (Å²) in [6.45, 7) is 8.45. The highest BCUT2D eigenvalue weighted by Gasteiger charge is 2.43. The van der Waals surface area contributed by atoms with Gasteiger partial charge in [-0.1, -0.05) is 46.6 Å². The number of halogens is 1. The van der Waals surface area contributed by atoms with Crippen molar-refractivity contribution in [2.45, 2.75) is 116 Å². The summed E-state index contributed by atoms with van der Waals surface area (Å²) in [5.41, 5.74) is 6.14. The van der Waals surface area contributed by atoms with Crippen LogP contribution in [0.3, 0.4) is 0 Å². The summed E-state index contributed by atoms with van der Waals surface area (Å²) >= 11 is 0. The number of amides is 4. The molecule has 4 amide bonds. The molecular formula is C51H60FN9O7. The average Bonchev–Trinajstić information content (AvgIpc) is 4.20. The quantitative estimate of drug-likeness (QED) is 0.101. The van der Waals surface area contributed by atoms with Crippen LogP contribution in [0.25, 0.3) is 44.5 Å². The van der Waals surface area contributed by atoms with Gasteiger partial charge in [-0.05, 0) is 116 Å². The van der Waals surface area contributed by atoms with Crippen LogP contribution in [0, 0.1) is 23.1 Å². The van der Waals surface area contributed by atoms with Crippen LogP contribution in [-0.2, 0) is 31.9 Å². The summed E-state index contributed by atoms with van der Waals surface area (Å²) in [4.78, 5) is 89.8. The van der Waals surface area contributed by atoms with Gasteiger partial charge in [0.05, 0.1) is 54.8 Å². The van der Waals surface area contributed by atoms with Crippen LogP contribution < -0.4 is 16.2 Å². The molecule has 5 heterocycles. The number of hydrogen-bond donors (Lipinski definition) is 4. The number of nitrogens with zero attached hydrogens (tertiary/aromatic N) is 5. The second kappa shape index (κ2) is 18.8. The van der Waals surface area contributed by atoms with Crippen LogP contribution in [0.4, 0.5) is 14.0 Å². The van der Waals surface area contributed by atoms with Crippen LogP contribution in [-0.4, -0.2) is 98.1 Å². The molecule has 17 heteroatoms. The molecule has 0 bridgehead atoms. The van der Waals surface area contributed by atoms with Crippen molar-refractivity contribution in [3.63, 3.8) is 0 Å². The molecule has 5 aromatic rings. The number of carbonyl (C=O) groups excluding carboxylic acids is 4.